The summed E-state index contributed by atoms with van der Waals surface area (Å²) in [6.45, 7) is 0. The molecule has 68 valence electrons. The molecule has 14 heavy (non-hydrogen) atoms. The van der Waals surface area contributed by atoms with E-state index in [-0.39, 0.29) is 0 Å². The zero-order chi connectivity index (χ0) is 9.54. The molecule has 0 saturated carbocycles. The van der Waals surface area contributed by atoms with E-state index in [1.807, 2.05) is 28.7 Å². The van der Waals surface area contributed by atoms with Crippen LogP contribution in [-0.4, -0.2) is 9.38 Å². The topological polar surface area (TPSA) is 43.3 Å². The average Bonchev–Trinajstić information content (AvgIpc) is 2.61. The maximum absolute atomic E-state index is 5.84. The Bertz CT molecular complexity index is 610. The number of aromatic nitrogens is 2. The SMILES string of the molecule is Nc1cnc2ccc3ccccc3n12. The van der Waals surface area contributed by atoms with Crippen LogP contribution in [0.15, 0.2) is 42.6 Å². The molecule has 3 aromatic rings. The first-order valence-electron chi connectivity index (χ1n) is 4.47. The lowest BCUT2D eigenvalue weighted by molar-refractivity contribution is 1.26. The first kappa shape index (κ1) is 7.38. The molecule has 0 atom stereocenters. The van der Waals surface area contributed by atoms with Gasteiger partial charge in [0.2, 0.25) is 0 Å². The third-order valence-electron chi connectivity index (χ3n) is 2.41. The second-order valence-corrected chi connectivity index (χ2v) is 3.27. The first-order valence-corrected chi connectivity index (χ1v) is 4.47. The normalized spacial score (nSPS) is 11.1. The zero-order valence-electron chi connectivity index (χ0n) is 7.51. The molecule has 0 bridgehead atoms. The number of para-hydroxylation sites is 1. The molecule has 0 spiro atoms. The predicted molar refractivity (Wildman–Crippen MR) is 57.1 cm³/mol. The van der Waals surface area contributed by atoms with Gasteiger partial charge in [0.15, 0.2) is 0 Å². The van der Waals surface area contributed by atoms with Crippen molar-refractivity contribution in [3.05, 3.63) is 42.6 Å². The second-order valence-electron chi connectivity index (χ2n) is 3.27. The predicted octanol–water partition coefficient (Wildman–Crippen LogP) is 2.07. The average molecular weight is 183 g/mol. The maximum atomic E-state index is 5.84. The Morgan fingerprint density at radius 2 is 1.93 bits per heavy atom. The number of benzene rings is 1. The molecule has 2 aromatic heterocycles. The molecule has 0 aliphatic carbocycles. The van der Waals surface area contributed by atoms with E-state index in [0.717, 1.165) is 11.2 Å². The van der Waals surface area contributed by atoms with E-state index in [1.165, 1.54) is 5.39 Å². The lowest BCUT2D eigenvalue weighted by Crippen LogP contribution is -1.93. The Morgan fingerprint density at radius 3 is 2.86 bits per heavy atom. The Morgan fingerprint density at radius 1 is 1.07 bits per heavy atom. The van der Waals surface area contributed by atoms with Crippen LogP contribution < -0.4 is 5.73 Å². The summed E-state index contributed by atoms with van der Waals surface area (Å²) in [5, 5.41) is 1.17. The second kappa shape index (κ2) is 2.48. The van der Waals surface area contributed by atoms with Gasteiger partial charge in [-0.2, -0.15) is 0 Å². The van der Waals surface area contributed by atoms with Crippen molar-refractivity contribution in [3.63, 3.8) is 0 Å². The van der Waals surface area contributed by atoms with Gasteiger partial charge < -0.3 is 5.73 Å². The molecule has 0 aliphatic rings. The quantitative estimate of drug-likeness (QED) is 0.579. The van der Waals surface area contributed by atoms with Gasteiger partial charge >= 0.3 is 0 Å². The van der Waals surface area contributed by atoms with Crippen LogP contribution in [0.3, 0.4) is 0 Å². The Labute approximate surface area is 80.8 Å². The number of nitrogens with two attached hydrogens (primary N) is 1. The molecule has 3 heteroatoms. The highest BCUT2D eigenvalue weighted by Gasteiger charge is 2.02. The zero-order valence-corrected chi connectivity index (χ0v) is 7.51. The number of nitrogen functional groups attached to an aromatic ring is 1. The number of hydrogen-bond donors (Lipinski definition) is 1. The van der Waals surface area contributed by atoms with Crippen LogP contribution in [-0.2, 0) is 0 Å². The standard InChI is InChI=1S/C11H9N3/c12-10-7-13-11-6-5-8-3-1-2-4-9(8)14(10)11/h1-7H,12H2. The summed E-state index contributed by atoms with van der Waals surface area (Å²) in [6, 6.07) is 12.1. The van der Waals surface area contributed by atoms with Crippen molar-refractivity contribution in [1.82, 2.24) is 9.38 Å². The highest BCUT2D eigenvalue weighted by molar-refractivity contribution is 5.83. The van der Waals surface area contributed by atoms with Gasteiger partial charge in [0.25, 0.3) is 0 Å². The highest BCUT2D eigenvalue weighted by atomic mass is 15.1. The minimum Gasteiger partial charge on any atom is -0.383 e. The fraction of sp³-hybridized carbons (Fsp3) is 0. The minimum atomic E-state index is 0.678. The molecular formula is C11H9N3. The van der Waals surface area contributed by atoms with Gasteiger partial charge in [-0.1, -0.05) is 18.2 Å². The van der Waals surface area contributed by atoms with Gasteiger partial charge in [0, 0.05) is 0 Å². The van der Waals surface area contributed by atoms with E-state index in [0.29, 0.717) is 5.82 Å². The van der Waals surface area contributed by atoms with E-state index >= 15 is 0 Å². The Kier molecular flexibility index (Phi) is 1.31. The summed E-state index contributed by atoms with van der Waals surface area (Å²) in [7, 11) is 0. The highest BCUT2D eigenvalue weighted by Crippen LogP contribution is 2.18. The number of nitrogens with zero attached hydrogens (tertiary/aromatic N) is 2. The first-order chi connectivity index (χ1) is 6.86. The molecule has 0 aliphatic heterocycles. The third kappa shape index (κ3) is 0.836. The van der Waals surface area contributed by atoms with Gasteiger partial charge in [-0.25, -0.2) is 4.98 Å². The van der Waals surface area contributed by atoms with Crippen molar-refractivity contribution >= 4 is 22.4 Å². The lowest BCUT2D eigenvalue weighted by Gasteiger charge is -2.02. The summed E-state index contributed by atoms with van der Waals surface area (Å²) in [5.41, 5.74) is 7.83. The molecule has 0 unspecified atom stereocenters. The van der Waals surface area contributed by atoms with E-state index in [4.69, 9.17) is 5.73 Å². The minimum absolute atomic E-state index is 0.678. The molecule has 2 heterocycles. The maximum Gasteiger partial charge on any atom is 0.138 e. The monoisotopic (exact) mass is 183 g/mol. The van der Waals surface area contributed by atoms with E-state index in [1.54, 1.807) is 6.20 Å². The Hall–Kier alpha value is -2.03. The fourth-order valence-corrected chi connectivity index (χ4v) is 1.76. The molecule has 1 aromatic carbocycles. The van der Waals surface area contributed by atoms with E-state index < -0.39 is 0 Å². The van der Waals surface area contributed by atoms with Crippen LogP contribution in [0.1, 0.15) is 0 Å². The molecule has 2 N–H and O–H groups in total. The molecule has 0 radical (unpaired) electrons. The van der Waals surface area contributed by atoms with E-state index in [2.05, 4.69) is 17.1 Å². The third-order valence-corrected chi connectivity index (χ3v) is 2.41. The van der Waals surface area contributed by atoms with Crippen molar-refractivity contribution in [3.8, 4) is 0 Å². The lowest BCUT2D eigenvalue weighted by atomic mass is 10.2. The Balaban J connectivity index is 2.65. The summed E-state index contributed by atoms with van der Waals surface area (Å²) >= 11 is 0. The number of imidazole rings is 1. The van der Waals surface area contributed by atoms with Gasteiger partial charge in [-0.05, 0) is 23.6 Å². The number of anilines is 1. The van der Waals surface area contributed by atoms with Crippen molar-refractivity contribution in [2.45, 2.75) is 0 Å². The number of hydrogen-bond acceptors (Lipinski definition) is 2. The van der Waals surface area contributed by atoms with Crippen LogP contribution in [0.25, 0.3) is 16.6 Å². The number of pyridine rings is 1. The smallest absolute Gasteiger partial charge is 0.138 e. The van der Waals surface area contributed by atoms with Gasteiger partial charge in [-0.3, -0.25) is 4.40 Å². The molecule has 0 amide bonds. The van der Waals surface area contributed by atoms with Crippen LogP contribution in [0.4, 0.5) is 5.82 Å². The molecule has 0 fully saturated rings. The van der Waals surface area contributed by atoms with Gasteiger partial charge in [0.1, 0.15) is 11.5 Å². The van der Waals surface area contributed by atoms with Gasteiger partial charge in [0.05, 0.1) is 11.7 Å². The van der Waals surface area contributed by atoms with Crippen LogP contribution in [0.5, 0.6) is 0 Å². The fourth-order valence-electron chi connectivity index (χ4n) is 1.76. The number of rotatable bonds is 0. The van der Waals surface area contributed by atoms with E-state index in [9.17, 15) is 0 Å². The summed E-state index contributed by atoms with van der Waals surface area (Å²) < 4.78 is 1.95. The van der Waals surface area contributed by atoms with Crippen molar-refractivity contribution in [1.29, 1.82) is 0 Å². The molecule has 3 rings (SSSR count). The summed E-state index contributed by atoms with van der Waals surface area (Å²) in [4.78, 5) is 4.21. The molecule has 0 saturated heterocycles. The van der Waals surface area contributed by atoms with Crippen molar-refractivity contribution < 1.29 is 0 Å². The van der Waals surface area contributed by atoms with Crippen molar-refractivity contribution in [2.75, 3.05) is 5.73 Å². The van der Waals surface area contributed by atoms with Crippen LogP contribution in [0.2, 0.25) is 0 Å². The molecular weight excluding hydrogens is 174 g/mol. The van der Waals surface area contributed by atoms with Gasteiger partial charge in [-0.15, -0.1) is 0 Å². The largest absolute Gasteiger partial charge is 0.383 e. The van der Waals surface area contributed by atoms with Crippen LogP contribution in [0, 0.1) is 0 Å². The molecule has 3 nitrogen and oxygen atoms in total. The van der Waals surface area contributed by atoms with Crippen LogP contribution >= 0.6 is 0 Å². The van der Waals surface area contributed by atoms with Crippen molar-refractivity contribution in [2.24, 2.45) is 0 Å². The summed E-state index contributed by atoms with van der Waals surface area (Å²) in [6.07, 6.45) is 1.68. The number of fused-ring (bicyclic) bond motifs is 3. The summed E-state index contributed by atoms with van der Waals surface area (Å²) in [5.74, 6) is 0.678.